The molecule has 0 saturated heterocycles. The lowest BCUT2D eigenvalue weighted by Gasteiger charge is -2.15. The Labute approximate surface area is 109 Å². The van der Waals surface area contributed by atoms with E-state index in [9.17, 15) is 0 Å². The molecule has 4 heteroatoms. The zero-order valence-electron chi connectivity index (χ0n) is 9.90. The van der Waals surface area contributed by atoms with Crippen LogP contribution >= 0.6 is 15.9 Å². The van der Waals surface area contributed by atoms with Gasteiger partial charge in [-0.25, -0.2) is 0 Å². The maximum Gasteiger partial charge on any atom is 0.134 e. The van der Waals surface area contributed by atoms with Crippen molar-refractivity contribution in [2.24, 2.45) is 0 Å². The van der Waals surface area contributed by atoms with Crippen molar-refractivity contribution < 1.29 is 9.52 Å². The Balaban J connectivity index is 2.24. The second-order valence-corrected chi connectivity index (χ2v) is 5.22. The smallest absolute Gasteiger partial charge is 0.134 e. The Kier molecular flexibility index (Phi) is 3.86. The van der Waals surface area contributed by atoms with Crippen LogP contribution in [0.5, 0.6) is 0 Å². The van der Waals surface area contributed by atoms with E-state index in [1.54, 1.807) is 0 Å². The lowest BCUT2D eigenvalue weighted by molar-refractivity contribution is 0.239. The molecule has 1 heterocycles. The molecule has 2 aromatic rings. The maximum absolute atomic E-state index is 9.01. The summed E-state index contributed by atoms with van der Waals surface area (Å²) >= 11 is 3.44. The molecule has 0 aliphatic heterocycles. The summed E-state index contributed by atoms with van der Waals surface area (Å²) in [6, 6.07) is 8.12. The molecule has 0 amide bonds. The van der Waals surface area contributed by atoms with Crippen LogP contribution in [0.1, 0.15) is 25.6 Å². The van der Waals surface area contributed by atoms with Crippen molar-refractivity contribution in [3.05, 3.63) is 34.5 Å². The summed E-state index contributed by atoms with van der Waals surface area (Å²) in [6.07, 6.45) is 0. The first-order chi connectivity index (χ1) is 8.10. The quantitative estimate of drug-likeness (QED) is 0.911. The monoisotopic (exact) mass is 297 g/mol. The van der Waals surface area contributed by atoms with Crippen molar-refractivity contribution in [2.75, 3.05) is 6.61 Å². The van der Waals surface area contributed by atoms with Crippen LogP contribution < -0.4 is 5.32 Å². The van der Waals surface area contributed by atoms with Crippen LogP contribution in [0.4, 0.5) is 0 Å². The molecular formula is C13H16BrNO2. The van der Waals surface area contributed by atoms with Crippen LogP contribution in [0.3, 0.4) is 0 Å². The number of hydrogen-bond donors (Lipinski definition) is 2. The summed E-state index contributed by atoms with van der Waals surface area (Å²) in [7, 11) is 0. The Bertz CT molecular complexity index is 509. The predicted molar refractivity (Wildman–Crippen MR) is 72.0 cm³/mol. The van der Waals surface area contributed by atoms with Gasteiger partial charge >= 0.3 is 0 Å². The third-order valence-corrected chi connectivity index (χ3v) is 3.23. The van der Waals surface area contributed by atoms with Crippen molar-refractivity contribution in [1.82, 2.24) is 5.32 Å². The highest BCUT2D eigenvalue weighted by atomic mass is 79.9. The number of fused-ring (bicyclic) bond motifs is 1. The Morgan fingerprint density at radius 1 is 1.35 bits per heavy atom. The van der Waals surface area contributed by atoms with Gasteiger partial charge in [0.15, 0.2) is 0 Å². The van der Waals surface area contributed by atoms with Gasteiger partial charge in [-0.15, -0.1) is 0 Å². The van der Waals surface area contributed by atoms with Gasteiger partial charge < -0.3 is 14.8 Å². The van der Waals surface area contributed by atoms with E-state index in [1.165, 1.54) is 0 Å². The number of aliphatic hydroxyl groups excluding tert-OH is 1. The SMILES string of the molecule is C[C@H](CO)N[C@@H](C)c1cc2cc(Br)ccc2o1. The highest BCUT2D eigenvalue weighted by Crippen LogP contribution is 2.26. The number of hydrogen-bond acceptors (Lipinski definition) is 3. The molecule has 2 rings (SSSR count). The van der Waals surface area contributed by atoms with E-state index in [2.05, 4.69) is 21.2 Å². The van der Waals surface area contributed by atoms with Gasteiger partial charge in [0.1, 0.15) is 11.3 Å². The van der Waals surface area contributed by atoms with Crippen molar-refractivity contribution in [2.45, 2.75) is 25.9 Å². The number of benzene rings is 1. The summed E-state index contributed by atoms with van der Waals surface area (Å²) in [5.74, 6) is 0.887. The van der Waals surface area contributed by atoms with Crippen LogP contribution in [-0.2, 0) is 0 Å². The maximum atomic E-state index is 9.01. The van der Waals surface area contributed by atoms with Crippen LogP contribution in [0.15, 0.2) is 33.2 Å². The van der Waals surface area contributed by atoms with Gasteiger partial charge in [-0.05, 0) is 38.1 Å². The van der Waals surface area contributed by atoms with E-state index in [-0.39, 0.29) is 18.7 Å². The zero-order valence-corrected chi connectivity index (χ0v) is 11.5. The minimum absolute atomic E-state index is 0.0601. The fraction of sp³-hybridized carbons (Fsp3) is 0.385. The molecule has 0 unspecified atom stereocenters. The third kappa shape index (κ3) is 2.89. The van der Waals surface area contributed by atoms with Crippen LogP contribution in [0.25, 0.3) is 11.0 Å². The average Bonchev–Trinajstić information content (AvgIpc) is 2.71. The Morgan fingerprint density at radius 2 is 2.12 bits per heavy atom. The first-order valence-corrected chi connectivity index (χ1v) is 6.45. The fourth-order valence-electron chi connectivity index (χ4n) is 1.81. The van der Waals surface area contributed by atoms with Gasteiger partial charge in [0.05, 0.1) is 12.6 Å². The Morgan fingerprint density at radius 3 is 2.82 bits per heavy atom. The fourth-order valence-corrected chi connectivity index (χ4v) is 2.19. The zero-order chi connectivity index (χ0) is 12.4. The largest absolute Gasteiger partial charge is 0.459 e. The van der Waals surface area contributed by atoms with Gasteiger partial charge in [-0.2, -0.15) is 0 Å². The molecular weight excluding hydrogens is 282 g/mol. The molecule has 1 aromatic carbocycles. The van der Waals surface area contributed by atoms with Crippen molar-refractivity contribution in [3.63, 3.8) is 0 Å². The average molecular weight is 298 g/mol. The topological polar surface area (TPSA) is 45.4 Å². The highest BCUT2D eigenvalue weighted by molar-refractivity contribution is 9.10. The summed E-state index contributed by atoms with van der Waals surface area (Å²) < 4.78 is 6.81. The van der Waals surface area contributed by atoms with E-state index < -0.39 is 0 Å². The Hall–Kier alpha value is -0.840. The normalized spacial score (nSPS) is 15.1. The van der Waals surface area contributed by atoms with Crippen molar-refractivity contribution in [1.29, 1.82) is 0 Å². The van der Waals surface area contributed by atoms with Gasteiger partial charge in [0, 0.05) is 15.9 Å². The highest BCUT2D eigenvalue weighted by Gasteiger charge is 2.13. The second-order valence-electron chi connectivity index (χ2n) is 4.30. The first-order valence-electron chi connectivity index (χ1n) is 5.66. The number of furan rings is 1. The molecule has 0 spiro atoms. The molecule has 2 N–H and O–H groups in total. The molecule has 0 bridgehead atoms. The van der Waals surface area contributed by atoms with Crippen molar-refractivity contribution >= 4 is 26.9 Å². The van der Waals surface area contributed by atoms with Crippen LogP contribution in [0.2, 0.25) is 0 Å². The van der Waals surface area contributed by atoms with Crippen molar-refractivity contribution in [3.8, 4) is 0 Å². The molecule has 0 aliphatic rings. The standard InChI is InChI=1S/C13H16BrNO2/c1-8(7-16)15-9(2)13-6-10-5-11(14)3-4-12(10)17-13/h3-6,8-9,15-16H,7H2,1-2H3/t8-,9+/m1/s1. The second kappa shape index (κ2) is 5.21. The summed E-state index contributed by atoms with van der Waals surface area (Å²) in [4.78, 5) is 0. The molecule has 0 aliphatic carbocycles. The third-order valence-electron chi connectivity index (χ3n) is 2.73. The lowest BCUT2D eigenvalue weighted by Crippen LogP contribution is -2.31. The summed E-state index contributed by atoms with van der Waals surface area (Å²) in [5.41, 5.74) is 0.883. The molecule has 92 valence electrons. The number of nitrogens with one attached hydrogen (secondary N) is 1. The van der Waals surface area contributed by atoms with Crippen LogP contribution in [-0.4, -0.2) is 17.8 Å². The van der Waals surface area contributed by atoms with E-state index in [4.69, 9.17) is 9.52 Å². The molecule has 1 aromatic heterocycles. The predicted octanol–water partition coefficient (Wildman–Crippen LogP) is 3.23. The van der Waals surface area contributed by atoms with E-state index >= 15 is 0 Å². The summed E-state index contributed by atoms with van der Waals surface area (Å²) in [5, 5.41) is 13.4. The number of rotatable bonds is 4. The lowest BCUT2D eigenvalue weighted by atomic mass is 10.2. The van der Waals surface area contributed by atoms with Crippen LogP contribution in [0, 0.1) is 0 Å². The van der Waals surface area contributed by atoms with Gasteiger partial charge in [0.25, 0.3) is 0 Å². The molecule has 0 saturated carbocycles. The number of aliphatic hydroxyl groups is 1. The van der Waals surface area contributed by atoms with Gasteiger partial charge in [-0.3, -0.25) is 0 Å². The molecule has 0 fully saturated rings. The first kappa shape index (κ1) is 12.6. The minimum Gasteiger partial charge on any atom is -0.459 e. The molecule has 3 nitrogen and oxygen atoms in total. The molecule has 17 heavy (non-hydrogen) atoms. The van der Waals surface area contributed by atoms with E-state index in [1.807, 2.05) is 38.1 Å². The van der Waals surface area contributed by atoms with E-state index in [0.717, 1.165) is 21.2 Å². The summed E-state index contributed by atoms with van der Waals surface area (Å²) in [6.45, 7) is 4.09. The van der Waals surface area contributed by atoms with Gasteiger partial charge in [-0.1, -0.05) is 15.9 Å². The molecule has 2 atom stereocenters. The molecule has 0 radical (unpaired) electrons. The minimum atomic E-state index is 0.0601. The van der Waals surface area contributed by atoms with Gasteiger partial charge in [0.2, 0.25) is 0 Å². The van der Waals surface area contributed by atoms with E-state index in [0.29, 0.717) is 0 Å². The number of halogens is 1.